The summed E-state index contributed by atoms with van der Waals surface area (Å²) >= 11 is 0. The van der Waals surface area contributed by atoms with Crippen LogP contribution in [0.4, 0.5) is 0 Å². The van der Waals surface area contributed by atoms with Crippen LogP contribution in [-0.2, 0) is 6.42 Å². The summed E-state index contributed by atoms with van der Waals surface area (Å²) in [7, 11) is 0. The zero-order valence-electron chi connectivity index (χ0n) is 11.4. The van der Waals surface area contributed by atoms with E-state index in [4.69, 9.17) is 10.5 Å². The fourth-order valence-electron chi connectivity index (χ4n) is 2.57. The van der Waals surface area contributed by atoms with Crippen molar-refractivity contribution in [2.75, 3.05) is 6.54 Å². The van der Waals surface area contributed by atoms with Crippen LogP contribution in [0.1, 0.15) is 36.0 Å². The Labute approximate surface area is 110 Å². The summed E-state index contributed by atoms with van der Waals surface area (Å²) in [5, 5.41) is 0. The first kappa shape index (κ1) is 13.2. The first-order chi connectivity index (χ1) is 8.70. The van der Waals surface area contributed by atoms with Crippen LogP contribution in [0.25, 0.3) is 0 Å². The maximum Gasteiger partial charge on any atom is 0.126 e. The molecule has 2 nitrogen and oxygen atoms in total. The molecule has 2 heteroatoms. The van der Waals surface area contributed by atoms with Gasteiger partial charge >= 0.3 is 0 Å². The van der Waals surface area contributed by atoms with Crippen LogP contribution in [0.5, 0.6) is 5.75 Å². The molecule has 0 aromatic heterocycles. The average Bonchev–Trinajstić information content (AvgIpc) is 2.36. The molecule has 0 fully saturated rings. The second kappa shape index (κ2) is 6.05. The second-order valence-corrected chi connectivity index (χ2v) is 5.11. The molecule has 1 aromatic carbocycles. The molecule has 1 aliphatic rings. The van der Waals surface area contributed by atoms with E-state index in [0.29, 0.717) is 6.54 Å². The zero-order chi connectivity index (χ0) is 13.0. The van der Waals surface area contributed by atoms with Crippen molar-refractivity contribution >= 4 is 0 Å². The number of ether oxygens (including phenoxy) is 1. The molecule has 0 saturated carbocycles. The molecule has 0 heterocycles. The van der Waals surface area contributed by atoms with Gasteiger partial charge in [0.15, 0.2) is 0 Å². The Bertz CT molecular complexity index is 414. The lowest BCUT2D eigenvalue weighted by atomic mass is 10.0. The topological polar surface area (TPSA) is 35.2 Å². The van der Waals surface area contributed by atoms with E-state index in [1.165, 1.54) is 29.5 Å². The monoisotopic (exact) mass is 245 g/mol. The molecule has 0 bridgehead atoms. The maximum atomic E-state index is 6.13. The molecule has 0 radical (unpaired) electrons. The highest BCUT2D eigenvalue weighted by Crippen LogP contribution is 2.28. The van der Waals surface area contributed by atoms with Gasteiger partial charge in [-0.1, -0.05) is 18.2 Å². The number of hydrogen-bond donors (Lipinski definition) is 1. The van der Waals surface area contributed by atoms with E-state index in [9.17, 15) is 0 Å². The van der Waals surface area contributed by atoms with Crippen molar-refractivity contribution < 1.29 is 4.74 Å². The zero-order valence-corrected chi connectivity index (χ0v) is 11.4. The van der Waals surface area contributed by atoms with Gasteiger partial charge in [0.05, 0.1) is 0 Å². The van der Waals surface area contributed by atoms with E-state index < -0.39 is 0 Å². The lowest BCUT2D eigenvalue weighted by molar-refractivity contribution is 0.227. The molecule has 0 saturated heterocycles. The predicted octanol–water partition coefficient (Wildman–Crippen LogP) is 3.29. The minimum Gasteiger partial charge on any atom is -0.486 e. The molecule has 0 aliphatic heterocycles. The SMILES string of the molecule is Cc1cc(CCN)cc(C)c1OC1C=CCCC1. The Morgan fingerprint density at radius 3 is 2.56 bits per heavy atom. The maximum absolute atomic E-state index is 6.13. The third kappa shape index (κ3) is 3.14. The molecular weight excluding hydrogens is 222 g/mol. The number of aryl methyl sites for hydroxylation is 2. The molecule has 1 atom stereocenters. The Morgan fingerprint density at radius 2 is 2.00 bits per heavy atom. The Hall–Kier alpha value is -1.28. The van der Waals surface area contributed by atoms with Crippen molar-refractivity contribution in [2.24, 2.45) is 5.73 Å². The highest BCUT2D eigenvalue weighted by molar-refractivity contribution is 5.43. The van der Waals surface area contributed by atoms with Crippen molar-refractivity contribution in [1.29, 1.82) is 0 Å². The number of nitrogens with two attached hydrogens (primary N) is 1. The summed E-state index contributed by atoms with van der Waals surface area (Å²) in [6.07, 6.45) is 9.14. The van der Waals surface area contributed by atoms with Crippen LogP contribution >= 0.6 is 0 Å². The third-order valence-electron chi connectivity index (χ3n) is 3.43. The normalized spacial score (nSPS) is 18.9. The molecule has 1 aliphatic carbocycles. The van der Waals surface area contributed by atoms with E-state index in [2.05, 4.69) is 38.1 Å². The van der Waals surface area contributed by atoms with Gasteiger partial charge in [-0.2, -0.15) is 0 Å². The Kier molecular flexibility index (Phi) is 4.43. The van der Waals surface area contributed by atoms with Gasteiger partial charge in [-0.3, -0.25) is 0 Å². The van der Waals surface area contributed by atoms with Crippen molar-refractivity contribution in [3.63, 3.8) is 0 Å². The summed E-state index contributed by atoms with van der Waals surface area (Å²) in [6.45, 7) is 4.94. The molecule has 98 valence electrons. The van der Waals surface area contributed by atoms with E-state index in [1.807, 2.05) is 0 Å². The fraction of sp³-hybridized carbons (Fsp3) is 0.500. The summed E-state index contributed by atoms with van der Waals surface area (Å²) < 4.78 is 6.13. The summed E-state index contributed by atoms with van der Waals surface area (Å²) in [4.78, 5) is 0. The Balaban J connectivity index is 2.17. The molecule has 0 spiro atoms. The smallest absolute Gasteiger partial charge is 0.126 e. The molecule has 18 heavy (non-hydrogen) atoms. The minimum absolute atomic E-state index is 0.247. The summed E-state index contributed by atoms with van der Waals surface area (Å²) in [6, 6.07) is 4.39. The van der Waals surface area contributed by atoms with Gasteiger partial charge in [-0.15, -0.1) is 0 Å². The quantitative estimate of drug-likeness (QED) is 0.826. The lowest BCUT2D eigenvalue weighted by Gasteiger charge is -2.21. The number of benzene rings is 1. The molecule has 2 N–H and O–H groups in total. The van der Waals surface area contributed by atoms with E-state index in [-0.39, 0.29) is 6.10 Å². The van der Waals surface area contributed by atoms with Gasteiger partial charge in [-0.25, -0.2) is 0 Å². The van der Waals surface area contributed by atoms with Crippen LogP contribution in [0.15, 0.2) is 24.3 Å². The van der Waals surface area contributed by atoms with Crippen LogP contribution in [0.2, 0.25) is 0 Å². The molecule has 1 unspecified atom stereocenters. The first-order valence-electron chi connectivity index (χ1n) is 6.84. The third-order valence-corrected chi connectivity index (χ3v) is 3.43. The summed E-state index contributed by atoms with van der Waals surface area (Å²) in [5.74, 6) is 1.05. The highest BCUT2D eigenvalue weighted by atomic mass is 16.5. The Morgan fingerprint density at radius 1 is 1.28 bits per heavy atom. The van der Waals surface area contributed by atoms with Gasteiger partial charge in [0.1, 0.15) is 11.9 Å². The average molecular weight is 245 g/mol. The van der Waals surface area contributed by atoms with Crippen LogP contribution in [0.3, 0.4) is 0 Å². The van der Waals surface area contributed by atoms with E-state index in [0.717, 1.165) is 18.6 Å². The number of hydrogen-bond acceptors (Lipinski definition) is 2. The predicted molar refractivity (Wildman–Crippen MR) is 76.1 cm³/mol. The van der Waals surface area contributed by atoms with Gasteiger partial charge < -0.3 is 10.5 Å². The van der Waals surface area contributed by atoms with Crippen molar-refractivity contribution in [1.82, 2.24) is 0 Å². The number of allylic oxidation sites excluding steroid dienone is 1. The van der Waals surface area contributed by atoms with Crippen LogP contribution < -0.4 is 10.5 Å². The van der Waals surface area contributed by atoms with E-state index >= 15 is 0 Å². The molecule has 0 amide bonds. The molecule has 2 rings (SSSR count). The second-order valence-electron chi connectivity index (χ2n) is 5.11. The molecule has 1 aromatic rings. The number of rotatable bonds is 4. The highest BCUT2D eigenvalue weighted by Gasteiger charge is 2.13. The summed E-state index contributed by atoms with van der Waals surface area (Å²) in [5.41, 5.74) is 9.35. The van der Waals surface area contributed by atoms with Gasteiger partial charge in [0.2, 0.25) is 0 Å². The van der Waals surface area contributed by atoms with Gasteiger partial charge in [0, 0.05) is 0 Å². The van der Waals surface area contributed by atoms with Crippen LogP contribution in [0, 0.1) is 13.8 Å². The molecular formula is C16H23NO. The van der Waals surface area contributed by atoms with Crippen molar-refractivity contribution in [3.05, 3.63) is 41.0 Å². The van der Waals surface area contributed by atoms with Crippen molar-refractivity contribution in [2.45, 2.75) is 45.6 Å². The van der Waals surface area contributed by atoms with E-state index in [1.54, 1.807) is 0 Å². The lowest BCUT2D eigenvalue weighted by Crippen LogP contribution is -2.17. The van der Waals surface area contributed by atoms with Gasteiger partial charge in [-0.05, 0) is 68.8 Å². The van der Waals surface area contributed by atoms with Crippen molar-refractivity contribution in [3.8, 4) is 5.75 Å². The minimum atomic E-state index is 0.247. The first-order valence-corrected chi connectivity index (χ1v) is 6.84. The standard InChI is InChI=1S/C16H23NO/c1-12-10-14(8-9-17)11-13(2)16(12)18-15-6-4-3-5-7-15/h4,6,10-11,15H,3,5,7-9,17H2,1-2H3. The fourth-order valence-corrected chi connectivity index (χ4v) is 2.57. The van der Waals surface area contributed by atoms with Gasteiger partial charge in [0.25, 0.3) is 0 Å². The van der Waals surface area contributed by atoms with Crippen LogP contribution in [-0.4, -0.2) is 12.6 Å². The largest absolute Gasteiger partial charge is 0.486 e.